The number of ether oxygens (including phenoxy) is 1. The number of H-pyrrole nitrogens is 1. The second-order valence-electron chi connectivity index (χ2n) is 6.28. The van der Waals surface area contributed by atoms with E-state index >= 15 is 0 Å². The number of aryl methyl sites for hydroxylation is 1. The number of nitrogens with one attached hydrogen (secondary N) is 1. The van der Waals surface area contributed by atoms with Crippen LogP contribution in [-0.4, -0.2) is 29.6 Å². The molecule has 2 heterocycles. The molecule has 1 N–H and O–H groups in total. The molecule has 0 amide bonds. The number of likely N-dealkylation sites (tertiary alicyclic amines) is 1. The fourth-order valence-corrected chi connectivity index (χ4v) is 3.34. The van der Waals surface area contributed by atoms with Crippen LogP contribution in [0.4, 0.5) is 0 Å². The Labute approximate surface area is 131 Å². The molecule has 1 aromatic carbocycles. The molecule has 2 aromatic rings. The van der Waals surface area contributed by atoms with Gasteiger partial charge < -0.3 is 9.72 Å². The van der Waals surface area contributed by atoms with E-state index in [9.17, 15) is 4.79 Å². The first kappa shape index (κ1) is 15.1. The summed E-state index contributed by atoms with van der Waals surface area (Å²) in [5.41, 5.74) is 2.86. The number of pyridine rings is 1. The second kappa shape index (κ2) is 6.13. The molecule has 0 bridgehead atoms. The summed E-state index contributed by atoms with van der Waals surface area (Å²) in [6, 6.07) is 6.17. The predicted octanol–water partition coefficient (Wildman–Crippen LogP) is 3.22. The number of nitrogens with zero attached hydrogens (tertiary/aromatic N) is 1. The van der Waals surface area contributed by atoms with Gasteiger partial charge in [0.25, 0.3) is 0 Å². The van der Waals surface area contributed by atoms with Crippen molar-refractivity contribution in [2.75, 3.05) is 13.7 Å². The van der Waals surface area contributed by atoms with Gasteiger partial charge in [0.2, 0.25) is 0 Å². The quantitative estimate of drug-likeness (QED) is 0.946. The summed E-state index contributed by atoms with van der Waals surface area (Å²) in [6.45, 7) is 6.06. The molecule has 0 aliphatic carbocycles. The van der Waals surface area contributed by atoms with Crippen molar-refractivity contribution in [3.8, 4) is 5.75 Å². The Morgan fingerprint density at radius 1 is 1.36 bits per heavy atom. The average Bonchev–Trinajstić information content (AvgIpc) is 2.53. The van der Waals surface area contributed by atoms with E-state index in [2.05, 4.69) is 16.8 Å². The molecule has 0 unspecified atom stereocenters. The lowest BCUT2D eigenvalue weighted by molar-refractivity contribution is 0.152. The largest absolute Gasteiger partial charge is 0.497 e. The van der Waals surface area contributed by atoms with E-state index in [1.54, 1.807) is 7.11 Å². The van der Waals surface area contributed by atoms with Gasteiger partial charge >= 0.3 is 0 Å². The van der Waals surface area contributed by atoms with Gasteiger partial charge in [0.05, 0.1) is 7.11 Å². The predicted molar refractivity (Wildman–Crippen MR) is 89.6 cm³/mol. The van der Waals surface area contributed by atoms with Crippen LogP contribution in [0.5, 0.6) is 5.75 Å². The molecule has 1 saturated heterocycles. The van der Waals surface area contributed by atoms with Gasteiger partial charge in [-0.15, -0.1) is 0 Å². The molecule has 0 saturated carbocycles. The van der Waals surface area contributed by atoms with Gasteiger partial charge in [0.15, 0.2) is 5.43 Å². The van der Waals surface area contributed by atoms with E-state index in [1.807, 2.05) is 25.1 Å². The highest BCUT2D eigenvalue weighted by atomic mass is 16.5. The zero-order valence-electron chi connectivity index (χ0n) is 13.6. The lowest BCUT2D eigenvalue weighted by Crippen LogP contribution is -2.38. The van der Waals surface area contributed by atoms with Crippen molar-refractivity contribution in [3.63, 3.8) is 0 Å². The highest BCUT2D eigenvalue weighted by molar-refractivity contribution is 5.81. The Kier molecular flexibility index (Phi) is 4.21. The lowest BCUT2D eigenvalue weighted by Gasteiger charge is -2.33. The van der Waals surface area contributed by atoms with Crippen molar-refractivity contribution in [2.45, 2.75) is 45.7 Å². The molecule has 3 rings (SSSR count). The first-order chi connectivity index (χ1) is 10.6. The van der Waals surface area contributed by atoms with Gasteiger partial charge in [-0.3, -0.25) is 9.69 Å². The van der Waals surface area contributed by atoms with Crippen LogP contribution in [0.3, 0.4) is 0 Å². The van der Waals surface area contributed by atoms with E-state index in [4.69, 9.17) is 4.74 Å². The molecule has 4 heteroatoms. The topological polar surface area (TPSA) is 45.3 Å². The van der Waals surface area contributed by atoms with Gasteiger partial charge in [-0.05, 0) is 51.4 Å². The van der Waals surface area contributed by atoms with Crippen molar-refractivity contribution in [3.05, 3.63) is 39.7 Å². The van der Waals surface area contributed by atoms with Crippen LogP contribution in [0, 0.1) is 6.92 Å². The van der Waals surface area contributed by atoms with Crippen molar-refractivity contribution in [1.29, 1.82) is 0 Å². The lowest BCUT2D eigenvalue weighted by atomic mass is 10.0. The van der Waals surface area contributed by atoms with Crippen LogP contribution in [0.2, 0.25) is 0 Å². The zero-order valence-corrected chi connectivity index (χ0v) is 13.6. The summed E-state index contributed by atoms with van der Waals surface area (Å²) in [7, 11) is 1.62. The Hall–Kier alpha value is -1.81. The molecular weight excluding hydrogens is 276 g/mol. The minimum atomic E-state index is 0.128. The number of rotatable bonds is 3. The highest BCUT2D eigenvalue weighted by Gasteiger charge is 2.21. The standard InChI is InChI=1S/C18H24N2O2/c1-12-6-4-5-9-20(12)11-16-13(2)19-17-8-7-14(22-3)10-15(17)18(16)21/h7-8,10,12H,4-6,9,11H2,1-3H3,(H,19,21)/t12-/m1/s1. The van der Waals surface area contributed by atoms with E-state index in [0.29, 0.717) is 11.4 Å². The van der Waals surface area contributed by atoms with Gasteiger partial charge in [-0.2, -0.15) is 0 Å². The van der Waals surface area contributed by atoms with E-state index < -0.39 is 0 Å². The van der Waals surface area contributed by atoms with Crippen LogP contribution >= 0.6 is 0 Å². The molecule has 1 atom stereocenters. The monoisotopic (exact) mass is 300 g/mol. The van der Waals surface area contributed by atoms with E-state index in [0.717, 1.165) is 35.6 Å². The fraction of sp³-hybridized carbons (Fsp3) is 0.500. The number of methoxy groups -OCH3 is 1. The van der Waals surface area contributed by atoms with Gasteiger partial charge in [-0.1, -0.05) is 6.42 Å². The van der Waals surface area contributed by atoms with Crippen LogP contribution in [0.25, 0.3) is 10.9 Å². The van der Waals surface area contributed by atoms with Gasteiger partial charge in [0, 0.05) is 34.7 Å². The number of hydrogen-bond acceptors (Lipinski definition) is 3. The third-order valence-electron chi connectivity index (χ3n) is 4.82. The summed E-state index contributed by atoms with van der Waals surface area (Å²) >= 11 is 0. The first-order valence-electron chi connectivity index (χ1n) is 8.03. The maximum absolute atomic E-state index is 12.9. The second-order valence-corrected chi connectivity index (χ2v) is 6.28. The van der Waals surface area contributed by atoms with Crippen LogP contribution < -0.4 is 10.2 Å². The molecule has 1 fully saturated rings. The Bertz CT molecular complexity index is 736. The van der Waals surface area contributed by atoms with Crippen molar-refractivity contribution in [1.82, 2.24) is 9.88 Å². The number of aromatic amines is 1. The molecule has 4 nitrogen and oxygen atoms in total. The normalized spacial score (nSPS) is 19.5. The summed E-state index contributed by atoms with van der Waals surface area (Å²) < 4.78 is 5.25. The number of piperidine rings is 1. The molecular formula is C18H24N2O2. The maximum atomic E-state index is 12.9. The van der Waals surface area contributed by atoms with Crippen LogP contribution in [-0.2, 0) is 6.54 Å². The molecule has 1 aliphatic rings. The minimum absolute atomic E-state index is 0.128. The van der Waals surface area contributed by atoms with Crippen LogP contribution in [0.1, 0.15) is 37.4 Å². The Morgan fingerprint density at radius 3 is 2.91 bits per heavy atom. The molecule has 1 aliphatic heterocycles. The fourth-order valence-electron chi connectivity index (χ4n) is 3.34. The average molecular weight is 300 g/mol. The number of hydrogen-bond donors (Lipinski definition) is 1. The molecule has 118 valence electrons. The SMILES string of the molecule is COc1ccc2[nH]c(C)c(CN3CCCC[C@H]3C)c(=O)c2c1. The third-order valence-corrected chi connectivity index (χ3v) is 4.82. The van der Waals surface area contributed by atoms with Crippen molar-refractivity contribution >= 4 is 10.9 Å². The molecule has 22 heavy (non-hydrogen) atoms. The highest BCUT2D eigenvalue weighted by Crippen LogP contribution is 2.22. The third kappa shape index (κ3) is 2.75. The zero-order chi connectivity index (χ0) is 15.7. The molecule has 0 radical (unpaired) electrons. The summed E-state index contributed by atoms with van der Waals surface area (Å²) in [6.07, 6.45) is 3.74. The minimum Gasteiger partial charge on any atom is -0.497 e. The van der Waals surface area contributed by atoms with Gasteiger partial charge in [-0.25, -0.2) is 0 Å². The van der Waals surface area contributed by atoms with Crippen molar-refractivity contribution < 1.29 is 4.74 Å². The number of benzene rings is 1. The Balaban J connectivity index is 2.03. The van der Waals surface area contributed by atoms with E-state index in [-0.39, 0.29) is 5.43 Å². The number of fused-ring (bicyclic) bond motifs is 1. The first-order valence-corrected chi connectivity index (χ1v) is 8.03. The van der Waals surface area contributed by atoms with E-state index in [1.165, 1.54) is 19.3 Å². The molecule has 0 spiro atoms. The molecule has 1 aromatic heterocycles. The smallest absolute Gasteiger partial charge is 0.194 e. The van der Waals surface area contributed by atoms with Crippen molar-refractivity contribution in [2.24, 2.45) is 0 Å². The summed E-state index contributed by atoms with van der Waals surface area (Å²) in [5, 5.41) is 0.713. The maximum Gasteiger partial charge on any atom is 0.194 e. The summed E-state index contributed by atoms with van der Waals surface area (Å²) in [4.78, 5) is 18.7. The number of aromatic nitrogens is 1. The Morgan fingerprint density at radius 2 is 2.18 bits per heavy atom. The van der Waals surface area contributed by atoms with Crippen LogP contribution in [0.15, 0.2) is 23.0 Å². The van der Waals surface area contributed by atoms with Gasteiger partial charge in [0.1, 0.15) is 5.75 Å². The summed E-state index contributed by atoms with van der Waals surface area (Å²) in [5.74, 6) is 0.721.